The molecule has 2 aliphatic rings. The lowest BCUT2D eigenvalue weighted by Crippen LogP contribution is -2.58. The van der Waals surface area contributed by atoms with Crippen LogP contribution in [0.1, 0.15) is 39.5 Å². The van der Waals surface area contributed by atoms with Crippen molar-refractivity contribution >= 4 is 11.9 Å². The number of amides is 2. The highest BCUT2D eigenvalue weighted by Gasteiger charge is 2.51. The number of hydrogen-bond donors (Lipinski definition) is 1. The van der Waals surface area contributed by atoms with Crippen LogP contribution in [0.15, 0.2) is 4.99 Å². The van der Waals surface area contributed by atoms with Gasteiger partial charge in [-0.1, -0.05) is 12.8 Å². The molecular formula is C13H19N3O. The van der Waals surface area contributed by atoms with E-state index in [0.717, 1.165) is 25.7 Å². The van der Waals surface area contributed by atoms with E-state index in [4.69, 9.17) is 12.2 Å². The van der Waals surface area contributed by atoms with E-state index >= 15 is 0 Å². The zero-order valence-corrected chi connectivity index (χ0v) is 10.4. The molecule has 0 bridgehead atoms. The average molecular weight is 233 g/mol. The highest BCUT2D eigenvalue weighted by Crippen LogP contribution is 2.40. The van der Waals surface area contributed by atoms with Crippen molar-refractivity contribution in [1.29, 1.82) is 0 Å². The second-order valence-corrected chi connectivity index (χ2v) is 5.21. The largest absolute Gasteiger partial charge is 0.385 e. The number of rotatable bonds is 1. The molecule has 1 unspecified atom stereocenters. The fraction of sp³-hybridized carbons (Fsp3) is 0.692. The second-order valence-electron chi connectivity index (χ2n) is 5.21. The molecule has 4 nitrogen and oxygen atoms in total. The molecule has 2 rings (SSSR count). The molecule has 2 N–H and O–H groups in total. The highest BCUT2D eigenvalue weighted by atomic mass is 16.2. The van der Waals surface area contributed by atoms with Crippen LogP contribution in [0.4, 0.5) is 4.79 Å². The molecule has 0 aromatic heterocycles. The Hall–Kier alpha value is -1.50. The van der Waals surface area contributed by atoms with Crippen LogP contribution in [-0.2, 0) is 0 Å². The van der Waals surface area contributed by atoms with Crippen LogP contribution in [0.5, 0.6) is 0 Å². The number of urea groups is 1. The predicted molar refractivity (Wildman–Crippen MR) is 67.5 cm³/mol. The lowest BCUT2D eigenvalue weighted by atomic mass is 9.75. The van der Waals surface area contributed by atoms with E-state index in [1.54, 1.807) is 4.90 Å². The Labute approximate surface area is 102 Å². The number of aliphatic imine (C=N–C) groups is 1. The number of amidine groups is 1. The molecule has 1 saturated carbocycles. The Balaban J connectivity index is 2.33. The highest BCUT2D eigenvalue weighted by molar-refractivity contribution is 6.06. The van der Waals surface area contributed by atoms with Crippen molar-refractivity contribution in [3.8, 4) is 12.3 Å². The van der Waals surface area contributed by atoms with Crippen molar-refractivity contribution in [2.24, 2.45) is 16.6 Å². The van der Waals surface area contributed by atoms with Gasteiger partial charge in [0.25, 0.3) is 0 Å². The summed E-state index contributed by atoms with van der Waals surface area (Å²) in [5, 5.41) is 0. The summed E-state index contributed by atoms with van der Waals surface area (Å²) in [5.41, 5.74) is 5.57. The van der Waals surface area contributed by atoms with E-state index in [-0.39, 0.29) is 12.1 Å². The van der Waals surface area contributed by atoms with Crippen molar-refractivity contribution in [2.75, 3.05) is 0 Å². The van der Waals surface area contributed by atoms with E-state index in [1.807, 2.05) is 6.92 Å². The molecule has 1 aliphatic heterocycles. The van der Waals surface area contributed by atoms with Gasteiger partial charge in [0.15, 0.2) is 0 Å². The molecule has 1 fully saturated rings. The number of carbonyl (C=O) groups is 1. The topological polar surface area (TPSA) is 58.7 Å². The predicted octanol–water partition coefficient (Wildman–Crippen LogP) is 1.75. The van der Waals surface area contributed by atoms with Crippen molar-refractivity contribution in [3.63, 3.8) is 0 Å². The molecule has 0 radical (unpaired) electrons. The minimum absolute atomic E-state index is 0.249. The molecular weight excluding hydrogens is 214 g/mol. The van der Waals surface area contributed by atoms with Crippen LogP contribution in [0.25, 0.3) is 0 Å². The van der Waals surface area contributed by atoms with Crippen LogP contribution >= 0.6 is 0 Å². The summed E-state index contributed by atoms with van der Waals surface area (Å²) in [4.78, 5) is 17.5. The van der Waals surface area contributed by atoms with Gasteiger partial charge in [0.1, 0.15) is 11.4 Å². The maximum Gasteiger partial charge on any atom is 0.347 e. The van der Waals surface area contributed by atoms with Gasteiger partial charge in [-0.15, -0.1) is 6.42 Å². The van der Waals surface area contributed by atoms with Crippen LogP contribution < -0.4 is 5.73 Å². The van der Waals surface area contributed by atoms with Crippen LogP contribution in [0.3, 0.4) is 0 Å². The van der Waals surface area contributed by atoms with E-state index in [1.165, 1.54) is 0 Å². The summed E-state index contributed by atoms with van der Waals surface area (Å²) < 4.78 is 0. The molecule has 0 aromatic rings. The van der Waals surface area contributed by atoms with Gasteiger partial charge in [0.2, 0.25) is 0 Å². The molecule has 1 spiro atoms. The maximum absolute atomic E-state index is 11.9. The second kappa shape index (κ2) is 4.06. The van der Waals surface area contributed by atoms with E-state index in [9.17, 15) is 4.79 Å². The van der Waals surface area contributed by atoms with Gasteiger partial charge in [-0.2, -0.15) is 4.99 Å². The monoisotopic (exact) mass is 233 g/mol. The summed E-state index contributed by atoms with van der Waals surface area (Å²) in [6.07, 6.45) is 9.33. The Kier molecular flexibility index (Phi) is 2.86. The average Bonchev–Trinajstić information content (AvgIpc) is 2.54. The van der Waals surface area contributed by atoms with Crippen molar-refractivity contribution < 1.29 is 4.79 Å². The first-order valence-corrected chi connectivity index (χ1v) is 6.15. The van der Waals surface area contributed by atoms with E-state index < -0.39 is 5.54 Å². The Bertz CT molecular complexity index is 399. The quantitative estimate of drug-likeness (QED) is 0.701. The molecule has 1 aliphatic carbocycles. The zero-order valence-electron chi connectivity index (χ0n) is 10.4. The summed E-state index contributed by atoms with van der Waals surface area (Å²) in [7, 11) is 0. The summed E-state index contributed by atoms with van der Waals surface area (Å²) in [5.74, 6) is 3.76. The van der Waals surface area contributed by atoms with Crippen molar-refractivity contribution in [2.45, 2.75) is 51.1 Å². The smallest absolute Gasteiger partial charge is 0.347 e. The first-order valence-electron chi connectivity index (χ1n) is 6.15. The molecule has 1 heterocycles. The van der Waals surface area contributed by atoms with Gasteiger partial charge >= 0.3 is 6.03 Å². The minimum atomic E-state index is -0.407. The fourth-order valence-corrected chi connectivity index (χ4v) is 2.92. The molecule has 2 amide bonds. The molecule has 17 heavy (non-hydrogen) atoms. The Morgan fingerprint density at radius 2 is 2.18 bits per heavy atom. The zero-order chi connectivity index (χ0) is 12.6. The lowest BCUT2D eigenvalue weighted by Gasteiger charge is -2.43. The fourth-order valence-electron chi connectivity index (χ4n) is 2.92. The van der Waals surface area contributed by atoms with Gasteiger partial charge in [-0.3, -0.25) is 4.90 Å². The summed E-state index contributed by atoms with van der Waals surface area (Å²) >= 11 is 0. The van der Waals surface area contributed by atoms with Crippen LogP contribution in [-0.4, -0.2) is 28.3 Å². The van der Waals surface area contributed by atoms with Gasteiger partial charge in [-0.05, 0) is 38.5 Å². The molecule has 0 aromatic carbocycles. The normalized spacial score (nSPS) is 34.6. The number of nitrogens with zero attached hydrogens (tertiary/aromatic N) is 2. The molecule has 1 atom stereocenters. The Morgan fingerprint density at radius 3 is 2.71 bits per heavy atom. The summed E-state index contributed by atoms with van der Waals surface area (Å²) in [6.45, 7) is 4.08. The Morgan fingerprint density at radius 1 is 1.59 bits per heavy atom. The number of carbonyl (C=O) groups excluding carboxylic acids is 1. The molecule has 92 valence electrons. The lowest BCUT2D eigenvalue weighted by molar-refractivity contribution is 0.117. The number of hydrogen-bond acceptors (Lipinski definition) is 2. The van der Waals surface area contributed by atoms with E-state index in [0.29, 0.717) is 11.8 Å². The summed E-state index contributed by atoms with van der Waals surface area (Å²) in [6, 6.07) is -0.525. The molecule has 4 heteroatoms. The third kappa shape index (κ3) is 1.70. The first kappa shape index (κ1) is 12.0. The number of nitrogens with two attached hydrogens (primary N) is 1. The maximum atomic E-state index is 11.9. The van der Waals surface area contributed by atoms with Crippen LogP contribution in [0.2, 0.25) is 0 Å². The standard InChI is InChI=1S/C13H19N3O/c1-4-10(3)16-12(17)15-11(14)13(16)7-5-9(2)6-8-13/h1,9-10H,5-8H2,2-3H3,(H2,14,15,17). The third-order valence-corrected chi connectivity index (χ3v) is 4.09. The van der Waals surface area contributed by atoms with Crippen LogP contribution in [0, 0.1) is 18.3 Å². The molecule has 0 saturated heterocycles. The third-order valence-electron chi connectivity index (χ3n) is 4.09. The van der Waals surface area contributed by atoms with Gasteiger partial charge in [0.05, 0.1) is 6.04 Å². The first-order chi connectivity index (χ1) is 8.01. The minimum Gasteiger partial charge on any atom is -0.385 e. The van der Waals surface area contributed by atoms with Gasteiger partial charge in [-0.25, -0.2) is 4.79 Å². The van der Waals surface area contributed by atoms with E-state index in [2.05, 4.69) is 17.8 Å². The van der Waals surface area contributed by atoms with Crippen molar-refractivity contribution in [1.82, 2.24) is 4.90 Å². The van der Waals surface area contributed by atoms with Gasteiger partial charge in [0, 0.05) is 0 Å². The number of terminal acetylenes is 1. The van der Waals surface area contributed by atoms with Crippen molar-refractivity contribution in [3.05, 3.63) is 0 Å². The van der Waals surface area contributed by atoms with Gasteiger partial charge < -0.3 is 5.73 Å². The SMILES string of the molecule is C#CC(C)N1C(=O)N=C(N)C12CCC(C)CC2.